The first-order valence-corrected chi connectivity index (χ1v) is 11.0. The van der Waals surface area contributed by atoms with Gasteiger partial charge in [0.2, 0.25) is 0 Å². The average Bonchev–Trinajstić information content (AvgIpc) is 3.28. The number of hydrogen-bond donors (Lipinski definition) is 2. The van der Waals surface area contributed by atoms with Gasteiger partial charge in [-0.2, -0.15) is 5.10 Å². The fraction of sp³-hybridized carbons (Fsp3) is 0.320. The van der Waals surface area contributed by atoms with Gasteiger partial charge in [-0.15, -0.1) is 0 Å². The topological polar surface area (TPSA) is 74.6 Å². The maximum atomic E-state index is 12.2. The lowest BCUT2D eigenvalue weighted by Gasteiger charge is -2.12. The summed E-state index contributed by atoms with van der Waals surface area (Å²) in [5, 5.41) is 11.1. The molecule has 0 saturated carbocycles. The summed E-state index contributed by atoms with van der Waals surface area (Å²) in [5.41, 5.74) is 4.03. The van der Waals surface area contributed by atoms with Gasteiger partial charge in [0.25, 0.3) is 5.91 Å². The third-order valence-corrected chi connectivity index (χ3v) is 4.96. The Morgan fingerprint density at radius 1 is 1.03 bits per heavy atom. The zero-order valence-electron chi connectivity index (χ0n) is 19.1. The van der Waals surface area contributed by atoms with Gasteiger partial charge in [-0.3, -0.25) is 9.79 Å². The summed E-state index contributed by atoms with van der Waals surface area (Å²) in [6.07, 6.45) is 5.59. The molecule has 7 nitrogen and oxygen atoms in total. The molecule has 0 aliphatic rings. The Morgan fingerprint density at radius 3 is 2.59 bits per heavy atom. The molecule has 1 amide bonds. The van der Waals surface area contributed by atoms with E-state index in [9.17, 15) is 4.79 Å². The van der Waals surface area contributed by atoms with Crippen molar-refractivity contribution in [1.82, 2.24) is 25.3 Å². The molecule has 2 N–H and O–H groups in total. The summed E-state index contributed by atoms with van der Waals surface area (Å²) in [7, 11) is 3.53. The number of aliphatic imine (C=N–C) groups is 1. The minimum Gasteiger partial charge on any atom is -0.357 e. The van der Waals surface area contributed by atoms with E-state index in [0.29, 0.717) is 12.1 Å². The number of amides is 1. The molecule has 0 atom stereocenters. The molecule has 0 fully saturated rings. The largest absolute Gasteiger partial charge is 0.357 e. The molecular weight excluding hydrogens is 400 g/mol. The molecule has 1 heterocycles. The van der Waals surface area contributed by atoms with Crippen molar-refractivity contribution in [1.29, 1.82) is 0 Å². The summed E-state index contributed by atoms with van der Waals surface area (Å²) in [6, 6.07) is 17.8. The van der Waals surface area contributed by atoms with Crippen molar-refractivity contribution in [3.05, 3.63) is 83.7 Å². The molecule has 0 bridgehead atoms. The van der Waals surface area contributed by atoms with Gasteiger partial charge < -0.3 is 15.5 Å². The van der Waals surface area contributed by atoms with E-state index in [1.54, 1.807) is 19.0 Å². The number of carbonyl (C=O) groups is 1. The van der Waals surface area contributed by atoms with Crippen LogP contribution in [0.2, 0.25) is 0 Å². The predicted octanol–water partition coefficient (Wildman–Crippen LogP) is 2.91. The number of rotatable bonds is 9. The minimum atomic E-state index is 0.0148. The zero-order chi connectivity index (χ0) is 22.8. The lowest BCUT2D eigenvalue weighted by atomic mass is 10.1. The molecular formula is C25H32N6O. The molecule has 168 valence electrons. The second-order valence-corrected chi connectivity index (χ2v) is 7.72. The van der Waals surface area contributed by atoms with E-state index in [0.717, 1.165) is 43.1 Å². The highest BCUT2D eigenvalue weighted by molar-refractivity contribution is 5.94. The number of carbonyl (C=O) groups excluding carboxylic acids is 1. The van der Waals surface area contributed by atoms with E-state index in [2.05, 4.69) is 33.8 Å². The number of nitrogens with zero attached hydrogens (tertiary/aromatic N) is 4. The van der Waals surface area contributed by atoms with Gasteiger partial charge >= 0.3 is 0 Å². The van der Waals surface area contributed by atoms with Crippen molar-refractivity contribution in [3.63, 3.8) is 0 Å². The van der Waals surface area contributed by atoms with Crippen molar-refractivity contribution in [2.75, 3.05) is 33.7 Å². The Bertz CT molecular complexity index is 1030. The van der Waals surface area contributed by atoms with Crippen LogP contribution in [0.3, 0.4) is 0 Å². The van der Waals surface area contributed by atoms with E-state index in [1.165, 1.54) is 5.56 Å². The van der Waals surface area contributed by atoms with Crippen LogP contribution in [-0.2, 0) is 12.8 Å². The van der Waals surface area contributed by atoms with Crippen LogP contribution in [0.5, 0.6) is 0 Å². The third-order valence-electron chi connectivity index (χ3n) is 4.96. The third kappa shape index (κ3) is 6.70. The first kappa shape index (κ1) is 23.1. The van der Waals surface area contributed by atoms with E-state index in [4.69, 9.17) is 0 Å². The number of nitrogens with one attached hydrogen (secondary N) is 2. The van der Waals surface area contributed by atoms with Gasteiger partial charge in [0, 0.05) is 45.5 Å². The molecule has 0 radical (unpaired) electrons. The molecule has 7 heteroatoms. The fourth-order valence-corrected chi connectivity index (χ4v) is 3.29. The average molecular weight is 433 g/mol. The van der Waals surface area contributed by atoms with E-state index in [-0.39, 0.29) is 5.91 Å². The van der Waals surface area contributed by atoms with Crippen molar-refractivity contribution >= 4 is 11.9 Å². The van der Waals surface area contributed by atoms with Gasteiger partial charge in [0.05, 0.1) is 11.9 Å². The Labute approximate surface area is 190 Å². The second kappa shape index (κ2) is 11.7. The number of para-hydroxylation sites is 1. The van der Waals surface area contributed by atoms with Crippen LogP contribution in [-0.4, -0.2) is 60.3 Å². The predicted molar refractivity (Wildman–Crippen MR) is 129 cm³/mol. The quantitative estimate of drug-likeness (QED) is 0.403. The van der Waals surface area contributed by atoms with E-state index >= 15 is 0 Å². The van der Waals surface area contributed by atoms with Crippen molar-refractivity contribution < 1.29 is 4.79 Å². The second-order valence-electron chi connectivity index (χ2n) is 7.72. The van der Waals surface area contributed by atoms with Crippen LogP contribution in [0.4, 0.5) is 0 Å². The molecule has 0 aliphatic heterocycles. The van der Waals surface area contributed by atoms with E-state index in [1.807, 2.05) is 65.5 Å². The molecule has 2 aromatic carbocycles. The number of hydrogen-bond acceptors (Lipinski definition) is 3. The van der Waals surface area contributed by atoms with Crippen molar-refractivity contribution in [3.8, 4) is 5.69 Å². The smallest absolute Gasteiger partial charge is 0.253 e. The summed E-state index contributed by atoms with van der Waals surface area (Å²) in [4.78, 5) is 18.4. The summed E-state index contributed by atoms with van der Waals surface area (Å²) in [6.45, 7) is 4.25. The SMILES string of the molecule is CCNC(=NCCc1cccc(C(=O)N(C)C)c1)NCCc1cnn(-c2ccccc2)c1. The first-order valence-electron chi connectivity index (χ1n) is 11.0. The fourth-order valence-electron chi connectivity index (χ4n) is 3.29. The van der Waals surface area contributed by atoms with Crippen LogP contribution >= 0.6 is 0 Å². The zero-order valence-corrected chi connectivity index (χ0v) is 19.1. The Hall–Kier alpha value is -3.61. The monoisotopic (exact) mass is 432 g/mol. The Morgan fingerprint density at radius 2 is 1.84 bits per heavy atom. The molecule has 0 aliphatic carbocycles. The highest BCUT2D eigenvalue weighted by atomic mass is 16.2. The lowest BCUT2D eigenvalue weighted by molar-refractivity contribution is 0.0827. The van der Waals surface area contributed by atoms with Crippen LogP contribution < -0.4 is 10.6 Å². The summed E-state index contributed by atoms with van der Waals surface area (Å²) >= 11 is 0. The Kier molecular flexibility index (Phi) is 8.43. The van der Waals surface area contributed by atoms with Crippen LogP contribution in [0.25, 0.3) is 5.69 Å². The molecule has 3 rings (SSSR count). The van der Waals surface area contributed by atoms with Gasteiger partial charge in [0.1, 0.15) is 0 Å². The van der Waals surface area contributed by atoms with Gasteiger partial charge in [-0.25, -0.2) is 4.68 Å². The van der Waals surface area contributed by atoms with Gasteiger partial charge in [0.15, 0.2) is 5.96 Å². The maximum Gasteiger partial charge on any atom is 0.253 e. The summed E-state index contributed by atoms with van der Waals surface area (Å²) in [5.74, 6) is 0.810. The highest BCUT2D eigenvalue weighted by Gasteiger charge is 2.08. The maximum absolute atomic E-state index is 12.2. The van der Waals surface area contributed by atoms with Gasteiger partial charge in [-0.05, 0) is 55.2 Å². The number of guanidine groups is 1. The normalized spacial score (nSPS) is 11.3. The molecule has 0 unspecified atom stereocenters. The highest BCUT2D eigenvalue weighted by Crippen LogP contribution is 2.09. The van der Waals surface area contributed by atoms with Crippen LogP contribution in [0.1, 0.15) is 28.4 Å². The van der Waals surface area contributed by atoms with Crippen molar-refractivity contribution in [2.24, 2.45) is 4.99 Å². The molecule has 1 aromatic heterocycles. The van der Waals surface area contributed by atoms with Crippen LogP contribution in [0, 0.1) is 0 Å². The summed E-state index contributed by atoms with van der Waals surface area (Å²) < 4.78 is 1.89. The van der Waals surface area contributed by atoms with Gasteiger partial charge in [-0.1, -0.05) is 30.3 Å². The molecule has 32 heavy (non-hydrogen) atoms. The minimum absolute atomic E-state index is 0.0148. The lowest BCUT2D eigenvalue weighted by Crippen LogP contribution is -2.38. The molecule has 0 saturated heterocycles. The van der Waals surface area contributed by atoms with Crippen molar-refractivity contribution in [2.45, 2.75) is 19.8 Å². The first-order chi connectivity index (χ1) is 15.6. The van der Waals surface area contributed by atoms with E-state index < -0.39 is 0 Å². The standard InChI is InChI=1S/C25H32N6O/c1-4-26-25(27-15-13-20-9-8-10-22(17-20)24(32)30(2)3)28-16-14-21-18-29-31(19-21)23-11-6-5-7-12-23/h5-12,17-19H,4,13-16H2,1-3H3,(H2,26,27,28). The number of benzene rings is 2. The Balaban J connectivity index is 1.51. The van der Waals surface area contributed by atoms with Crippen LogP contribution in [0.15, 0.2) is 72.0 Å². The molecule has 3 aromatic rings. The number of aromatic nitrogens is 2. The molecule has 0 spiro atoms.